The van der Waals surface area contributed by atoms with Gasteiger partial charge in [0.2, 0.25) is 0 Å². The van der Waals surface area contributed by atoms with Crippen molar-refractivity contribution in [1.82, 2.24) is 0 Å². The molecule has 0 fully saturated rings. The molecule has 29 heavy (non-hydrogen) atoms. The molecule has 11 heteroatoms. The maximum Gasteiger partial charge on any atom is 0.277 e. The Bertz CT molecular complexity index is 1190. The largest absolute Gasteiger partial charge is 0.504 e. The quantitative estimate of drug-likeness (QED) is 0.443. The molecule has 3 rings (SSSR count). The molecule has 9 nitrogen and oxygen atoms in total. The van der Waals surface area contributed by atoms with Gasteiger partial charge in [-0.15, -0.1) is 0 Å². The summed E-state index contributed by atoms with van der Waals surface area (Å²) in [5.41, 5.74) is -0.229. The van der Waals surface area contributed by atoms with Crippen molar-refractivity contribution in [3.8, 4) is 23.0 Å². The predicted molar refractivity (Wildman–Crippen MR) is 103 cm³/mol. The van der Waals surface area contributed by atoms with Gasteiger partial charge in [0.25, 0.3) is 20.0 Å². The molecule has 0 saturated heterocycles. The number of phenols is 4. The highest BCUT2D eigenvalue weighted by Crippen LogP contribution is 2.35. The zero-order valence-corrected chi connectivity index (χ0v) is 16.2. The van der Waals surface area contributed by atoms with Gasteiger partial charge in [0.05, 0.1) is 15.5 Å². The number of benzene rings is 3. The van der Waals surface area contributed by atoms with Gasteiger partial charge in [-0.25, -0.2) is 16.8 Å². The van der Waals surface area contributed by atoms with Crippen molar-refractivity contribution in [3.63, 3.8) is 0 Å². The molecule has 0 aliphatic rings. The SMILES string of the molecule is O=S(=O)(c1ccc(O)c(O)c1)N(c1ccccc1)S(=O)(=O)c1ccc(O)c(O)c1. The third-order valence-electron chi connectivity index (χ3n) is 3.89. The van der Waals surface area contributed by atoms with Crippen LogP contribution in [-0.2, 0) is 20.0 Å². The van der Waals surface area contributed by atoms with Crippen LogP contribution in [0.5, 0.6) is 23.0 Å². The van der Waals surface area contributed by atoms with E-state index in [1.165, 1.54) is 24.3 Å². The van der Waals surface area contributed by atoms with Gasteiger partial charge < -0.3 is 20.4 Å². The molecule has 0 heterocycles. The van der Waals surface area contributed by atoms with E-state index in [9.17, 15) is 37.3 Å². The summed E-state index contributed by atoms with van der Waals surface area (Å²) in [6.07, 6.45) is 0. The van der Waals surface area contributed by atoms with E-state index >= 15 is 0 Å². The minimum Gasteiger partial charge on any atom is -0.504 e. The molecule has 0 amide bonds. The van der Waals surface area contributed by atoms with E-state index in [-0.39, 0.29) is 9.40 Å². The standard InChI is InChI=1S/C18H15NO8S2/c20-15-8-6-13(10-17(15)22)28(24,25)19(12-4-2-1-3-5-12)29(26,27)14-7-9-16(21)18(23)11-14/h1-11,20-23H. The molecule has 0 radical (unpaired) electrons. The third kappa shape index (κ3) is 3.65. The van der Waals surface area contributed by atoms with Crippen LogP contribution in [0.15, 0.2) is 76.5 Å². The molecule has 3 aromatic rings. The third-order valence-corrected chi connectivity index (χ3v) is 8.06. The minimum atomic E-state index is -4.79. The first kappa shape index (κ1) is 20.3. The van der Waals surface area contributed by atoms with Crippen molar-refractivity contribution in [2.24, 2.45) is 0 Å². The number of para-hydroxylation sites is 1. The highest BCUT2D eigenvalue weighted by Gasteiger charge is 2.37. The highest BCUT2D eigenvalue weighted by atomic mass is 32.3. The van der Waals surface area contributed by atoms with Crippen LogP contribution >= 0.6 is 0 Å². The molecule has 0 saturated carbocycles. The fraction of sp³-hybridized carbons (Fsp3) is 0. The predicted octanol–water partition coefficient (Wildman–Crippen LogP) is 2.09. The first-order valence-corrected chi connectivity index (χ1v) is 10.8. The van der Waals surface area contributed by atoms with Crippen molar-refractivity contribution in [2.75, 3.05) is 3.71 Å². The summed E-state index contributed by atoms with van der Waals surface area (Å²) in [6.45, 7) is 0. The number of nitrogens with zero attached hydrogens (tertiary/aromatic N) is 1. The lowest BCUT2D eigenvalue weighted by Gasteiger charge is -2.24. The van der Waals surface area contributed by atoms with E-state index < -0.39 is 52.8 Å². The molecule has 0 unspecified atom stereocenters. The van der Waals surface area contributed by atoms with Crippen molar-refractivity contribution >= 4 is 25.7 Å². The average molecular weight is 437 g/mol. The van der Waals surface area contributed by atoms with Crippen molar-refractivity contribution < 1.29 is 37.3 Å². The van der Waals surface area contributed by atoms with E-state index in [0.717, 1.165) is 24.3 Å². The van der Waals surface area contributed by atoms with Gasteiger partial charge in [-0.05, 0) is 36.4 Å². The number of anilines is 1. The second kappa shape index (κ2) is 7.18. The van der Waals surface area contributed by atoms with E-state index in [1.807, 2.05) is 0 Å². The highest BCUT2D eigenvalue weighted by molar-refractivity contribution is 8.10. The molecule has 0 aliphatic carbocycles. The Balaban J connectivity index is 2.28. The van der Waals surface area contributed by atoms with Crippen LogP contribution in [0.2, 0.25) is 0 Å². The van der Waals surface area contributed by atoms with Gasteiger partial charge in [0.1, 0.15) is 0 Å². The lowest BCUT2D eigenvalue weighted by Crippen LogP contribution is -2.37. The zero-order chi connectivity index (χ0) is 21.4. The number of sulfonamides is 2. The molecular weight excluding hydrogens is 422 g/mol. The summed E-state index contributed by atoms with van der Waals surface area (Å²) in [7, 11) is -9.58. The lowest BCUT2D eigenvalue weighted by molar-refractivity contribution is 0.402. The molecule has 0 atom stereocenters. The number of aromatic hydroxyl groups is 4. The maximum atomic E-state index is 13.2. The van der Waals surface area contributed by atoms with Crippen molar-refractivity contribution in [3.05, 3.63) is 66.7 Å². The molecule has 0 spiro atoms. The first-order chi connectivity index (χ1) is 13.5. The van der Waals surface area contributed by atoms with Gasteiger partial charge in [0.15, 0.2) is 23.0 Å². The number of phenolic OH excluding ortho intramolecular Hbond substituents is 4. The Morgan fingerprint density at radius 3 is 1.34 bits per heavy atom. The number of hydrogen-bond acceptors (Lipinski definition) is 8. The molecule has 4 N–H and O–H groups in total. The van der Waals surface area contributed by atoms with Crippen LogP contribution in [0.3, 0.4) is 0 Å². The average Bonchev–Trinajstić information content (AvgIpc) is 2.66. The summed E-state index contributed by atoms with van der Waals surface area (Å²) < 4.78 is 53.0. The summed E-state index contributed by atoms with van der Waals surface area (Å²) >= 11 is 0. The van der Waals surface area contributed by atoms with Gasteiger partial charge in [-0.2, -0.15) is 3.71 Å². The van der Waals surface area contributed by atoms with Crippen LogP contribution in [0.4, 0.5) is 5.69 Å². The van der Waals surface area contributed by atoms with E-state index in [0.29, 0.717) is 12.1 Å². The summed E-state index contributed by atoms with van der Waals surface area (Å²) in [5.74, 6) is -2.67. The van der Waals surface area contributed by atoms with Crippen molar-refractivity contribution in [2.45, 2.75) is 9.79 Å². The summed E-state index contributed by atoms with van der Waals surface area (Å²) in [5, 5.41) is 38.2. The monoisotopic (exact) mass is 437 g/mol. The van der Waals surface area contributed by atoms with Crippen LogP contribution in [0.25, 0.3) is 0 Å². The molecule has 3 aromatic carbocycles. The summed E-state index contributed by atoms with van der Waals surface area (Å²) in [6, 6.07) is 12.0. The Morgan fingerprint density at radius 1 is 0.552 bits per heavy atom. The fourth-order valence-corrected chi connectivity index (χ4v) is 6.21. The minimum absolute atomic E-state index is 0.137. The number of hydrogen-bond donors (Lipinski definition) is 4. The second-order valence-corrected chi connectivity index (χ2v) is 9.65. The molecule has 0 aromatic heterocycles. The Morgan fingerprint density at radius 2 is 0.966 bits per heavy atom. The Hall–Kier alpha value is -3.44. The van der Waals surface area contributed by atoms with Gasteiger partial charge >= 0.3 is 0 Å². The van der Waals surface area contributed by atoms with Crippen LogP contribution < -0.4 is 3.71 Å². The van der Waals surface area contributed by atoms with Crippen LogP contribution in [0.1, 0.15) is 0 Å². The fourth-order valence-electron chi connectivity index (χ4n) is 2.48. The van der Waals surface area contributed by atoms with Gasteiger partial charge in [0, 0.05) is 12.1 Å². The van der Waals surface area contributed by atoms with Crippen molar-refractivity contribution in [1.29, 1.82) is 0 Å². The number of rotatable bonds is 5. The Kier molecular flexibility index (Phi) is 5.03. The summed E-state index contributed by atoms with van der Waals surface area (Å²) in [4.78, 5) is -1.19. The smallest absolute Gasteiger partial charge is 0.277 e. The molecule has 0 bridgehead atoms. The maximum absolute atomic E-state index is 13.2. The van der Waals surface area contributed by atoms with Gasteiger partial charge in [-0.3, -0.25) is 0 Å². The molecule has 152 valence electrons. The first-order valence-electron chi connectivity index (χ1n) is 7.94. The lowest BCUT2D eigenvalue weighted by atomic mass is 10.3. The van der Waals surface area contributed by atoms with E-state index in [1.54, 1.807) is 6.07 Å². The normalized spacial score (nSPS) is 11.9. The molecular formula is C18H15NO8S2. The van der Waals surface area contributed by atoms with Gasteiger partial charge in [-0.1, -0.05) is 18.2 Å². The van der Waals surface area contributed by atoms with Crippen LogP contribution in [-0.4, -0.2) is 37.3 Å². The zero-order valence-electron chi connectivity index (χ0n) is 14.5. The van der Waals surface area contributed by atoms with E-state index in [2.05, 4.69) is 0 Å². The second-order valence-electron chi connectivity index (χ2n) is 5.84. The topological polar surface area (TPSA) is 152 Å². The Labute approximate surface area is 166 Å². The van der Waals surface area contributed by atoms with E-state index in [4.69, 9.17) is 0 Å². The molecule has 0 aliphatic heterocycles. The van der Waals surface area contributed by atoms with Crippen LogP contribution in [0, 0.1) is 0 Å².